The van der Waals surface area contributed by atoms with Gasteiger partial charge in [-0.3, -0.25) is 14.4 Å². The SMILES string of the molecule is COc1cnc(O[C@@H]2C[C@H]3C(=O)N[C@H]4C(C(=O)O)[C@@H]4/C=C\CCC(C)C[C@@H](C)[C@H](NC(=O)OC(C)(C)C)C(=O)N3C2)c2cccc(Cl)c12. The zero-order valence-electron chi connectivity index (χ0n) is 28.2. The first-order chi connectivity index (χ1) is 22.7. The summed E-state index contributed by atoms with van der Waals surface area (Å²) >= 11 is 6.51. The Morgan fingerprint density at radius 3 is 2.60 bits per heavy atom. The number of aliphatic carboxylic acids is 1. The van der Waals surface area contributed by atoms with Crippen molar-refractivity contribution >= 4 is 46.3 Å². The largest absolute Gasteiger partial charge is 0.494 e. The van der Waals surface area contributed by atoms with Gasteiger partial charge in [0.2, 0.25) is 17.7 Å². The molecule has 260 valence electrons. The molecule has 48 heavy (non-hydrogen) atoms. The number of allylic oxidation sites excluding steroid dienone is 1. The van der Waals surface area contributed by atoms with Gasteiger partial charge < -0.3 is 34.9 Å². The molecule has 0 radical (unpaired) electrons. The van der Waals surface area contributed by atoms with Crippen molar-refractivity contribution in [2.45, 2.75) is 90.1 Å². The molecule has 0 spiro atoms. The maximum Gasteiger partial charge on any atom is 0.408 e. The zero-order valence-corrected chi connectivity index (χ0v) is 29.0. The Morgan fingerprint density at radius 2 is 1.92 bits per heavy atom. The van der Waals surface area contributed by atoms with Gasteiger partial charge in [-0.2, -0.15) is 0 Å². The van der Waals surface area contributed by atoms with E-state index in [9.17, 15) is 24.3 Å². The first kappa shape index (κ1) is 35.3. The van der Waals surface area contributed by atoms with Crippen molar-refractivity contribution in [3.05, 3.63) is 41.6 Å². The number of carbonyl (C=O) groups excluding carboxylic acids is 3. The topological polar surface area (TPSA) is 156 Å². The quantitative estimate of drug-likeness (QED) is 0.370. The lowest BCUT2D eigenvalue weighted by molar-refractivity contribution is -0.141. The molecule has 1 saturated heterocycles. The lowest BCUT2D eigenvalue weighted by atomic mass is 9.88. The van der Waals surface area contributed by atoms with Gasteiger partial charge in [-0.25, -0.2) is 9.78 Å². The summed E-state index contributed by atoms with van der Waals surface area (Å²) in [6.07, 6.45) is 6.23. The molecular formula is C35H45ClN4O8. The highest BCUT2D eigenvalue weighted by Gasteiger charge is 2.56. The first-order valence-corrected chi connectivity index (χ1v) is 16.8. The molecule has 1 aromatic heterocycles. The minimum Gasteiger partial charge on any atom is -0.494 e. The van der Waals surface area contributed by atoms with Crippen LogP contribution in [0.25, 0.3) is 10.8 Å². The minimum absolute atomic E-state index is 0.0256. The summed E-state index contributed by atoms with van der Waals surface area (Å²) < 4.78 is 17.4. The number of hydrogen-bond acceptors (Lipinski definition) is 8. The third kappa shape index (κ3) is 7.80. The Bertz CT molecular complexity index is 1590. The molecule has 1 aromatic carbocycles. The number of benzene rings is 1. The molecule has 5 rings (SSSR count). The van der Waals surface area contributed by atoms with Gasteiger partial charge in [0.25, 0.3) is 0 Å². The molecule has 3 N–H and O–H groups in total. The number of carboxylic acids is 1. The van der Waals surface area contributed by atoms with E-state index in [1.165, 1.54) is 18.2 Å². The number of carbonyl (C=O) groups is 4. The van der Waals surface area contributed by atoms with Crippen LogP contribution < -0.4 is 20.1 Å². The molecule has 3 amide bonds. The zero-order chi connectivity index (χ0) is 34.9. The fourth-order valence-corrected chi connectivity index (χ4v) is 7.18. The van der Waals surface area contributed by atoms with Gasteiger partial charge in [-0.15, -0.1) is 0 Å². The van der Waals surface area contributed by atoms with Gasteiger partial charge in [0.05, 0.1) is 30.8 Å². The maximum atomic E-state index is 14.5. The van der Waals surface area contributed by atoms with Gasteiger partial charge in [0, 0.05) is 29.2 Å². The van der Waals surface area contributed by atoms with Crippen LogP contribution in [-0.2, 0) is 19.1 Å². The molecule has 2 fully saturated rings. The molecule has 0 bridgehead atoms. The van der Waals surface area contributed by atoms with Crippen LogP contribution in [0.2, 0.25) is 5.02 Å². The Labute approximate surface area is 285 Å². The van der Waals surface area contributed by atoms with Crippen molar-refractivity contribution < 1.29 is 38.5 Å². The molecule has 2 unspecified atom stereocenters. The first-order valence-electron chi connectivity index (χ1n) is 16.5. The number of nitrogens with zero attached hydrogens (tertiary/aromatic N) is 2. The molecule has 2 aliphatic heterocycles. The van der Waals surface area contributed by atoms with E-state index >= 15 is 0 Å². The molecule has 12 nitrogen and oxygen atoms in total. The summed E-state index contributed by atoms with van der Waals surface area (Å²) in [7, 11) is 1.52. The van der Waals surface area contributed by atoms with Gasteiger partial charge >= 0.3 is 12.1 Å². The molecule has 1 aliphatic carbocycles. The van der Waals surface area contributed by atoms with E-state index in [4.69, 9.17) is 25.8 Å². The minimum atomic E-state index is -0.993. The van der Waals surface area contributed by atoms with E-state index < -0.39 is 59.6 Å². The van der Waals surface area contributed by atoms with Crippen LogP contribution in [0.4, 0.5) is 4.79 Å². The van der Waals surface area contributed by atoms with E-state index in [1.807, 2.05) is 19.1 Å². The molecule has 3 aliphatic rings. The Balaban J connectivity index is 1.49. The number of carboxylic acid groups (broad SMARTS) is 1. The number of alkyl carbamates (subject to hydrolysis) is 1. The van der Waals surface area contributed by atoms with Crippen LogP contribution in [0.3, 0.4) is 0 Å². The van der Waals surface area contributed by atoms with Crippen molar-refractivity contribution in [1.29, 1.82) is 0 Å². The van der Waals surface area contributed by atoms with Crippen molar-refractivity contribution in [2.75, 3.05) is 13.7 Å². The second kappa shape index (κ2) is 14.2. The maximum absolute atomic E-state index is 14.5. The Kier molecular flexibility index (Phi) is 10.4. The summed E-state index contributed by atoms with van der Waals surface area (Å²) in [5, 5.41) is 17.2. The monoisotopic (exact) mass is 684 g/mol. The number of rotatable bonds is 5. The van der Waals surface area contributed by atoms with E-state index in [2.05, 4.69) is 22.5 Å². The molecule has 8 atom stereocenters. The average Bonchev–Trinajstić information content (AvgIpc) is 3.51. The van der Waals surface area contributed by atoms with Gasteiger partial charge in [-0.05, 0) is 64.0 Å². The number of aromatic nitrogens is 1. The Morgan fingerprint density at radius 1 is 1.17 bits per heavy atom. The summed E-state index contributed by atoms with van der Waals surface area (Å²) in [4.78, 5) is 59.4. The number of nitrogens with one attached hydrogen (secondary N) is 2. The molecular weight excluding hydrogens is 640 g/mol. The number of methoxy groups -OCH3 is 1. The average molecular weight is 685 g/mol. The van der Waals surface area contributed by atoms with E-state index in [0.717, 1.165) is 12.8 Å². The molecule has 3 heterocycles. The summed E-state index contributed by atoms with van der Waals surface area (Å²) in [6.45, 7) is 9.25. The summed E-state index contributed by atoms with van der Waals surface area (Å²) in [5.74, 6) is -2.38. The molecule has 2 aromatic rings. The smallest absolute Gasteiger partial charge is 0.408 e. The van der Waals surface area contributed by atoms with E-state index in [-0.39, 0.29) is 36.6 Å². The number of pyridine rings is 1. The predicted molar refractivity (Wildman–Crippen MR) is 179 cm³/mol. The molecule has 13 heteroatoms. The lowest BCUT2D eigenvalue weighted by Gasteiger charge is -2.33. The summed E-state index contributed by atoms with van der Waals surface area (Å²) in [5.41, 5.74) is -0.788. The fraction of sp³-hybridized carbons (Fsp3) is 0.571. The number of amides is 3. The third-order valence-electron chi connectivity index (χ3n) is 9.27. The van der Waals surface area contributed by atoms with E-state index in [0.29, 0.717) is 28.0 Å². The Hall–Kier alpha value is -4.06. The van der Waals surface area contributed by atoms with Gasteiger partial charge in [0.1, 0.15) is 29.5 Å². The van der Waals surface area contributed by atoms with Crippen molar-refractivity contribution in [3.63, 3.8) is 0 Å². The van der Waals surface area contributed by atoms with Gasteiger partial charge in [-0.1, -0.05) is 43.7 Å². The van der Waals surface area contributed by atoms with Crippen molar-refractivity contribution in [2.24, 2.45) is 23.7 Å². The number of fused-ring (bicyclic) bond motifs is 3. The van der Waals surface area contributed by atoms with Crippen molar-refractivity contribution in [1.82, 2.24) is 20.5 Å². The normalized spacial score (nSPS) is 30.2. The standard InChI is InChI=1S/C35H45ClN4O8/c1-18-10-7-8-11-21-27(33(43)44)29(21)38-30(41)24-15-20(47-31-22-12-9-13-23(36)26(22)25(46-6)16-37-31)17-40(24)32(42)28(19(2)14-18)39-34(45)48-35(3,4)5/h8-9,11-13,16,18-21,24,27-29H,7,10,14-15,17H2,1-6H3,(H,38,41)(H,39,45)(H,43,44)/b11-8-/t18?,19-,20-,21+,24+,27?,28+,29-/m1/s1. The number of hydrogen-bond donors (Lipinski definition) is 3. The summed E-state index contributed by atoms with van der Waals surface area (Å²) in [6, 6.07) is 2.71. The van der Waals surface area contributed by atoms with Crippen LogP contribution >= 0.6 is 11.6 Å². The van der Waals surface area contributed by atoms with Crippen molar-refractivity contribution in [3.8, 4) is 11.6 Å². The van der Waals surface area contributed by atoms with Crippen LogP contribution in [0.1, 0.15) is 60.3 Å². The van der Waals surface area contributed by atoms with Gasteiger partial charge in [0.15, 0.2) is 0 Å². The third-order valence-corrected chi connectivity index (χ3v) is 9.59. The highest BCUT2D eigenvalue weighted by atomic mass is 35.5. The van der Waals surface area contributed by atoms with Crippen LogP contribution in [0.5, 0.6) is 11.6 Å². The lowest BCUT2D eigenvalue weighted by Crippen LogP contribution is -2.56. The number of halogens is 1. The molecule has 1 saturated carbocycles. The highest BCUT2D eigenvalue weighted by molar-refractivity contribution is 6.36. The second-order valence-corrected chi connectivity index (χ2v) is 14.6. The predicted octanol–water partition coefficient (Wildman–Crippen LogP) is 4.97. The van der Waals surface area contributed by atoms with Crippen LogP contribution in [-0.4, -0.2) is 82.4 Å². The van der Waals surface area contributed by atoms with Crippen LogP contribution in [0.15, 0.2) is 36.5 Å². The fourth-order valence-electron chi connectivity index (χ4n) is 6.91. The van der Waals surface area contributed by atoms with Crippen LogP contribution in [0, 0.1) is 23.7 Å². The highest BCUT2D eigenvalue weighted by Crippen LogP contribution is 2.42. The van der Waals surface area contributed by atoms with E-state index in [1.54, 1.807) is 39.0 Å². The number of ether oxygens (including phenoxy) is 3. The second-order valence-electron chi connectivity index (χ2n) is 14.2.